The molecule has 0 unspecified atom stereocenters. The molecule has 0 aliphatic heterocycles. The molecule has 0 N–H and O–H groups in total. The number of nitrogens with zero attached hydrogens (tertiary/aromatic N) is 3. The Hall–Kier alpha value is -2.33. The van der Waals surface area contributed by atoms with Crippen molar-refractivity contribution in [1.29, 1.82) is 0 Å². The molecule has 3 nitrogen and oxygen atoms in total. The molecule has 0 radical (unpaired) electrons. The standard InChI is InChI=1S/C15H9ClFN3/c16-14-8-13(11-4-2-6-18-9-11)19-15(20-14)10-3-1-5-12(17)7-10/h1-9H. The molecule has 3 rings (SSSR count). The van der Waals surface area contributed by atoms with Crippen molar-refractivity contribution in [3.05, 3.63) is 65.8 Å². The van der Waals surface area contributed by atoms with Gasteiger partial charge in [-0.25, -0.2) is 14.4 Å². The molecule has 2 heterocycles. The Labute approximate surface area is 120 Å². The first-order valence-electron chi connectivity index (χ1n) is 5.93. The average Bonchev–Trinajstić information content (AvgIpc) is 2.47. The fraction of sp³-hybridized carbons (Fsp3) is 0. The number of hydrogen-bond acceptors (Lipinski definition) is 3. The van der Waals surface area contributed by atoms with Crippen molar-refractivity contribution in [2.24, 2.45) is 0 Å². The van der Waals surface area contributed by atoms with Crippen molar-refractivity contribution < 1.29 is 4.39 Å². The van der Waals surface area contributed by atoms with Gasteiger partial charge in [0, 0.05) is 29.6 Å². The third-order valence-electron chi connectivity index (χ3n) is 2.74. The molecule has 20 heavy (non-hydrogen) atoms. The zero-order valence-electron chi connectivity index (χ0n) is 10.3. The largest absolute Gasteiger partial charge is 0.264 e. The van der Waals surface area contributed by atoms with Crippen LogP contribution in [0.25, 0.3) is 22.6 Å². The molecule has 0 aliphatic carbocycles. The highest BCUT2D eigenvalue weighted by Crippen LogP contribution is 2.24. The smallest absolute Gasteiger partial charge is 0.161 e. The van der Waals surface area contributed by atoms with Crippen LogP contribution >= 0.6 is 11.6 Å². The number of hydrogen-bond donors (Lipinski definition) is 0. The van der Waals surface area contributed by atoms with Crippen molar-refractivity contribution in [2.45, 2.75) is 0 Å². The quantitative estimate of drug-likeness (QED) is 0.668. The minimum atomic E-state index is -0.339. The Bertz CT molecular complexity index is 747. The van der Waals surface area contributed by atoms with Crippen LogP contribution in [0.1, 0.15) is 0 Å². The van der Waals surface area contributed by atoms with Crippen LogP contribution in [0, 0.1) is 5.82 Å². The molecule has 5 heteroatoms. The SMILES string of the molecule is Fc1cccc(-c2nc(Cl)cc(-c3cccnc3)n2)c1. The van der Waals surface area contributed by atoms with Gasteiger partial charge in [-0.05, 0) is 24.3 Å². The highest BCUT2D eigenvalue weighted by molar-refractivity contribution is 6.29. The number of pyridine rings is 1. The second kappa shape index (κ2) is 5.35. The van der Waals surface area contributed by atoms with Crippen molar-refractivity contribution in [3.63, 3.8) is 0 Å². The lowest BCUT2D eigenvalue weighted by Crippen LogP contribution is -1.93. The molecule has 3 aromatic rings. The lowest BCUT2D eigenvalue weighted by Gasteiger charge is -2.05. The molecule has 0 fully saturated rings. The summed E-state index contributed by atoms with van der Waals surface area (Å²) in [7, 11) is 0. The molecular formula is C15H9ClFN3. The van der Waals surface area contributed by atoms with Crippen LogP contribution in [0.2, 0.25) is 5.15 Å². The molecule has 0 amide bonds. The van der Waals surface area contributed by atoms with Gasteiger partial charge >= 0.3 is 0 Å². The van der Waals surface area contributed by atoms with Gasteiger partial charge < -0.3 is 0 Å². The van der Waals surface area contributed by atoms with Crippen molar-refractivity contribution >= 4 is 11.6 Å². The molecule has 0 spiro atoms. The Kier molecular flexibility index (Phi) is 3.39. The minimum Gasteiger partial charge on any atom is -0.264 e. The molecule has 0 saturated heterocycles. The molecule has 98 valence electrons. The van der Waals surface area contributed by atoms with Gasteiger partial charge in [-0.1, -0.05) is 23.7 Å². The normalized spacial score (nSPS) is 10.5. The van der Waals surface area contributed by atoms with E-state index < -0.39 is 0 Å². The minimum absolute atomic E-state index is 0.304. The van der Waals surface area contributed by atoms with E-state index in [0.29, 0.717) is 22.2 Å². The Morgan fingerprint density at radius 2 is 1.80 bits per heavy atom. The summed E-state index contributed by atoms with van der Waals surface area (Å²) in [6.45, 7) is 0. The first-order chi connectivity index (χ1) is 9.72. The molecule has 0 saturated carbocycles. The fourth-order valence-electron chi connectivity index (χ4n) is 1.84. The van der Waals surface area contributed by atoms with E-state index in [9.17, 15) is 4.39 Å². The van der Waals surface area contributed by atoms with Gasteiger partial charge in [-0.15, -0.1) is 0 Å². The lowest BCUT2D eigenvalue weighted by molar-refractivity contribution is 0.628. The summed E-state index contributed by atoms with van der Waals surface area (Å²) in [5, 5.41) is 0.304. The third-order valence-corrected chi connectivity index (χ3v) is 2.93. The Morgan fingerprint density at radius 1 is 0.950 bits per heavy atom. The maximum absolute atomic E-state index is 13.3. The number of rotatable bonds is 2. The number of halogens is 2. The van der Waals surface area contributed by atoms with Crippen LogP contribution in [-0.2, 0) is 0 Å². The summed E-state index contributed by atoms with van der Waals surface area (Å²) in [6, 6.07) is 11.4. The van der Waals surface area contributed by atoms with Crippen LogP contribution in [0.5, 0.6) is 0 Å². The highest BCUT2D eigenvalue weighted by atomic mass is 35.5. The summed E-state index contributed by atoms with van der Waals surface area (Å²) >= 11 is 6.02. The van der Waals surface area contributed by atoms with Crippen LogP contribution < -0.4 is 0 Å². The maximum atomic E-state index is 13.3. The van der Waals surface area contributed by atoms with E-state index in [4.69, 9.17) is 11.6 Å². The number of benzene rings is 1. The van der Waals surface area contributed by atoms with E-state index in [1.165, 1.54) is 12.1 Å². The Balaban J connectivity index is 2.12. The highest BCUT2D eigenvalue weighted by Gasteiger charge is 2.08. The van der Waals surface area contributed by atoms with E-state index in [1.54, 1.807) is 30.6 Å². The van der Waals surface area contributed by atoms with Crippen molar-refractivity contribution in [3.8, 4) is 22.6 Å². The lowest BCUT2D eigenvalue weighted by atomic mass is 10.1. The Morgan fingerprint density at radius 3 is 2.55 bits per heavy atom. The van der Waals surface area contributed by atoms with Crippen LogP contribution in [-0.4, -0.2) is 15.0 Å². The van der Waals surface area contributed by atoms with Gasteiger partial charge in [0.05, 0.1) is 5.69 Å². The first kappa shape index (κ1) is 12.7. The zero-order chi connectivity index (χ0) is 13.9. The van der Waals surface area contributed by atoms with Gasteiger partial charge in [0.2, 0.25) is 0 Å². The van der Waals surface area contributed by atoms with Gasteiger partial charge in [0.15, 0.2) is 5.82 Å². The predicted molar refractivity (Wildman–Crippen MR) is 75.7 cm³/mol. The van der Waals surface area contributed by atoms with Gasteiger partial charge in [0.1, 0.15) is 11.0 Å². The van der Waals surface area contributed by atoms with E-state index >= 15 is 0 Å². The second-order valence-corrected chi connectivity index (χ2v) is 4.54. The van der Waals surface area contributed by atoms with Crippen LogP contribution in [0.3, 0.4) is 0 Å². The van der Waals surface area contributed by atoms with E-state index in [-0.39, 0.29) is 5.82 Å². The first-order valence-corrected chi connectivity index (χ1v) is 6.31. The summed E-state index contributed by atoms with van der Waals surface area (Å²) in [5.41, 5.74) is 2.06. The molecule has 0 atom stereocenters. The van der Waals surface area contributed by atoms with Crippen LogP contribution in [0.4, 0.5) is 4.39 Å². The molecule has 0 aliphatic rings. The predicted octanol–water partition coefficient (Wildman–Crippen LogP) is 4.00. The monoisotopic (exact) mass is 285 g/mol. The van der Waals surface area contributed by atoms with E-state index in [0.717, 1.165) is 5.56 Å². The maximum Gasteiger partial charge on any atom is 0.161 e. The summed E-state index contributed by atoms with van der Waals surface area (Å²) < 4.78 is 13.3. The van der Waals surface area contributed by atoms with E-state index in [2.05, 4.69) is 15.0 Å². The molecule has 0 bridgehead atoms. The second-order valence-electron chi connectivity index (χ2n) is 4.15. The summed E-state index contributed by atoms with van der Waals surface area (Å²) in [5.74, 6) is 0.0462. The molecule has 1 aromatic carbocycles. The van der Waals surface area contributed by atoms with Gasteiger partial charge in [-0.3, -0.25) is 4.98 Å². The molecule has 2 aromatic heterocycles. The number of aromatic nitrogens is 3. The van der Waals surface area contributed by atoms with Gasteiger partial charge in [-0.2, -0.15) is 0 Å². The van der Waals surface area contributed by atoms with Crippen LogP contribution in [0.15, 0.2) is 54.9 Å². The summed E-state index contributed by atoms with van der Waals surface area (Å²) in [6.07, 6.45) is 3.37. The third kappa shape index (κ3) is 2.65. The molecular weight excluding hydrogens is 277 g/mol. The zero-order valence-corrected chi connectivity index (χ0v) is 11.0. The topological polar surface area (TPSA) is 38.7 Å². The van der Waals surface area contributed by atoms with Gasteiger partial charge in [0.25, 0.3) is 0 Å². The fourth-order valence-corrected chi connectivity index (χ4v) is 2.02. The van der Waals surface area contributed by atoms with E-state index in [1.807, 2.05) is 12.1 Å². The van der Waals surface area contributed by atoms with Crippen molar-refractivity contribution in [1.82, 2.24) is 15.0 Å². The van der Waals surface area contributed by atoms with Crippen molar-refractivity contribution in [2.75, 3.05) is 0 Å². The average molecular weight is 286 g/mol. The summed E-state index contributed by atoms with van der Waals surface area (Å²) in [4.78, 5) is 12.6.